The van der Waals surface area contributed by atoms with E-state index in [9.17, 15) is 40.2 Å². The van der Waals surface area contributed by atoms with E-state index < -0.39 is 48.7 Å². The van der Waals surface area contributed by atoms with Gasteiger partial charge in [0, 0.05) is 11.5 Å². The Hall–Kier alpha value is -3.92. The van der Waals surface area contributed by atoms with Crippen molar-refractivity contribution in [1.29, 1.82) is 0 Å². The van der Waals surface area contributed by atoms with E-state index in [0.29, 0.717) is 50.8 Å². The predicted molar refractivity (Wildman–Crippen MR) is 139 cm³/mol. The quantitative estimate of drug-likeness (QED) is 0.170. The fourth-order valence-corrected chi connectivity index (χ4v) is 6.40. The summed E-state index contributed by atoms with van der Waals surface area (Å²) in [6.07, 6.45) is -5.60. The van der Waals surface area contributed by atoms with Crippen LogP contribution in [0.4, 0.5) is 0 Å². The molecule has 2 aromatic carbocycles. The molecule has 0 aromatic heterocycles. The zero-order valence-electron chi connectivity index (χ0n) is 21.8. The summed E-state index contributed by atoms with van der Waals surface area (Å²) in [4.78, 5) is 24.4. The van der Waals surface area contributed by atoms with Gasteiger partial charge in [-0.05, 0) is 53.5 Å². The minimum Gasteiger partial charge on any atom is -0.454 e. The Labute approximate surface area is 237 Å². The topological polar surface area (TPSA) is 216 Å². The van der Waals surface area contributed by atoms with Gasteiger partial charge in [0.1, 0.15) is 30.5 Å². The molecule has 1 saturated carbocycles. The molecule has 9 atom stereocenters. The fraction of sp³-hybridized carbons (Fsp3) is 0.429. The van der Waals surface area contributed by atoms with Gasteiger partial charge in [-0.15, -0.1) is 0 Å². The van der Waals surface area contributed by atoms with Crippen molar-refractivity contribution in [2.75, 3.05) is 13.6 Å². The van der Waals surface area contributed by atoms with Crippen LogP contribution in [0.5, 0.6) is 23.0 Å². The van der Waals surface area contributed by atoms with E-state index in [0.717, 1.165) is 0 Å². The van der Waals surface area contributed by atoms with Crippen molar-refractivity contribution < 1.29 is 59.2 Å². The smallest absolute Gasteiger partial charge is 0.252 e. The largest absolute Gasteiger partial charge is 0.454 e. The molecule has 14 heteroatoms. The molecule has 6 aliphatic rings. The molecule has 8 N–H and O–H groups in total. The maximum Gasteiger partial charge on any atom is 0.252 e. The minimum absolute atomic E-state index is 0.0896. The lowest BCUT2D eigenvalue weighted by Crippen LogP contribution is -2.61. The van der Waals surface area contributed by atoms with E-state index in [-0.39, 0.29) is 37.7 Å². The molecule has 14 nitrogen and oxygen atoms in total. The van der Waals surface area contributed by atoms with E-state index >= 15 is 0 Å². The molecule has 2 amide bonds. The Morgan fingerprint density at radius 3 is 1.88 bits per heavy atom. The Morgan fingerprint density at radius 1 is 0.643 bits per heavy atom. The molecule has 1 fully saturated rings. The van der Waals surface area contributed by atoms with Crippen LogP contribution in [0.3, 0.4) is 0 Å². The molecule has 0 spiro atoms. The molecule has 2 aromatic rings. The van der Waals surface area contributed by atoms with Crippen LogP contribution in [0.25, 0.3) is 5.57 Å². The second-order valence-electron chi connectivity index (χ2n) is 11.0. The van der Waals surface area contributed by atoms with Crippen LogP contribution in [-0.2, 0) is 0 Å². The van der Waals surface area contributed by atoms with Gasteiger partial charge in [-0.1, -0.05) is 0 Å². The Balaban J connectivity index is 0.000000137. The molecule has 9 unspecified atom stereocenters. The third kappa shape index (κ3) is 4.10. The van der Waals surface area contributed by atoms with Crippen LogP contribution < -0.4 is 29.6 Å². The van der Waals surface area contributed by atoms with Crippen molar-refractivity contribution in [2.45, 2.75) is 61.0 Å². The van der Waals surface area contributed by atoms with Gasteiger partial charge in [-0.25, -0.2) is 0 Å². The van der Waals surface area contributed by atoms with Gasteiger partial charge in [0.2, 0.25) is 13.6 Å². The van der Waals surface area contributed by atoms with Gasteiger partial charge < -0.3 is 60.2 Å². The van der Waals surface area contributed by atoms with Crippen molar-refractivity contribution in [3.63, 3.8) is 0 Å². The molecular formula is C28H28N2O12. The molecule has 4 heterocycles. The van der Waals surface area contributed by atoms with Gasteiger partial charge >= 0.3 is 0 Å². The number of aliphatic hydroxyl groups is 6. The molecule has 0 bridgehead atoms. The van der Waals surface area contributed by atoms with E-state index in [1.165, 1.54) is 6.08 Å². The number of nitrogens with one attached hydrogen (secondary N) is 2. The van der Waals surface area contributed by atoms with Gasteiger partial charge in [0.25, 0.3) is 11.8 Å². The number of hydrogen-bond donors (Lipinski definition) is 8. The highest BCUT2D eigenvalue weighted by Gasteiger charge is 2.48. The second kappa shape index (κ2) is 9.83. The average Bonchev–Trinajstić information content (AvgIpc) is 3.64. The maximum absolute atomic E-state index is 12.2. The zero-order valence-corrected chi connectivity index (χ0v) is 21.8. The number of fused-ring (bicyclic) bond motifs is 8. The summed E-state index contributed by atoms with van der Waals surface area (Å²) >= 11 is 0. The Bertz CT molecular complexity index is 1510. The molecular weight excluding hydrogens is 556 g/mol. The standard InChI is InChI=1S/C14H15NO6.C14H13NO6/c2*16-8-1-6-5-2-9-10(21-4-20-9)3-7(5)14(19)15-11(6)13(18)12(8)17/h2-3,6,8,11-13,16-18H,1,4H2,(H,15,19);1-3,8,11-13,16-18H,4H2,(H,15,19). The number of rotatable bonds is 0. The molecule has 222 valence electrons. The number of carbonyl (C=O) groups is 2. The first kappa shape index (κ1) is 26.9. The number of benzene rings is 2. The average molecular weight is 585 g/mol. The summed E-state index contributed by atoms with van der Waals surface area (Å²) in [5, 5.41) is 64.7. The van der Waals surface area contributed by atoms with Crippen molar-refractivity contribution >= 4 is 17.4 Å². The summed E-state index contributed by atoms with van der Waals surface area (Å²) in [7, 11) is 0. The minimum atomic E-state index is -1.34. The van der Waals surface area contributed by atoms with E-state index in [2.05, 4.69) is 10.6 Å². The zero-order chi connectivity index (χ0) is 29.4. The highest BCUT2D eigenvalue weighted by Crippen LogP contribution is 2.44. The highest BCUT2D eigenvalue weighted by atomic mass is 16.7. The number of aliphatic hydroxyl groups excluding tert-OH is 6. The van der Waals surface area contributed by atoms with Crippen molar-refractivity contribution in [3.05, 3.63) is 52.6 Å². The summed E-state index contributed by atoms with van der Waals surface area (Å²) in [5.74, 6) is 1.09. The molecule has 2 aliphatic carbocycles. The van der Waals surface area contributed by atoms with Gasteiger partial charge in [-0.3, -0.25) is 9.59 Å². The van der Waals surface area contributed by atoms with Gasteiger partial charge in [0.15, 0.2) is 23.0 Å². The van der Waals surface area contributed by atoms with Gasteiger partial charge in [0.05, 0.1) is 23.8 Å². The number of ether oxygens (including phenoxy) is 4. The fourth-order valence-electron chi connectivity index (χ4n) is 6.40. The summed E-state index contributed by atoms with van der Waals surface area (Å²) in [6, 6.07) is 5.20. The third-order valence-corrected chi connectivity index (χ3v) is 8.61. The third-order valence-electron chi connectivity index (χ3n) is 8.61. The monoisotopic (exact) mass is 584 g/mol. The number of hydrogen-bond acceptors (Lipinski definition) is 12. The number of amides is 2. The summed E-state index contributed by atoms with van der Waals surface area (Å²) in [6.45, 7) is 0.199. The van der Waals surface area contributed by atoms with Crippen LogP contribution in [0.1, 0.15) is 44.2 Å². The number of carbonyl (C=O) groups excluding carboxylic acids is 2. The lowest BCUT2D eigenvalue weighted by atomic mass is 9.72. The molecule has 4 aliphatic heterocycles. The van der Waals surface area contributed by atoms with Crippen molar-refractivity contribution in [3.8, 4) is 23.0 Å². The van der Waals surface area contributed by atoms with Crippen LogP contribution in [0.15, 0.2) is 30.3 Å². The lowest BCUT2D eigenvalue weighted by molar-refractivity contribution is -0.104. The SMILES string of the molecule is O=C1NC2C(=CC(O)C(O)C2O)c2cc3c(cc21)OCO3.O=C1NC2C(CC(O)C(O)C2O)c2cc3c(cc21)OCO3. The van der Waals surface area contributed by atoms with Crippen LogP contribution in [0, 0.1) is 0 Å². The molecule has 42 heavy (non-hydrogen) atoms. The summed E-state index contributed by atoms with van der Waals surface area (Å²) < 4.78 is 21.1. The van der Waals surface area contributed by atoms with Crippen molar-refractivity contribution in [2.24, 2.45) is 0 Å². The normalized spacial score (nSPS) is 34.8. The highest BCUT2D eigenvalue weighted by molar-refractivity contribution is 6.05. The predicted octanol–water partition coefficient (Wildman–Crippen LogP) is -1.90. The van der Waals surface area contributed by atoms with E-state index in [4.69, 9.17) is 18.9 Å². The van der Waals surface area contributed by atoms with Crippen LogP contribution >= 0.6 is 0 Å². The first-order valence-electron chi connectivity index (χ1n) is 13.4. The maximum atomic E-state index is 12.2. The van der Waals surface area contributed by atoms with Crippen molar-refractivity contribution in [1.82, 2.24) is 10.6 Å². The van der Waals surface area contributed by atoms with Gasteiger partial charge in [-0.2, -0.15) is 0 Å². The van der Waals surface area contributed by atoms with Crippen LogP contribution in [-0.4, -0.2) is 105 Å². The van der Waals surface area contributed by atoms with E-state index in [1.807, 2.05) is 0 Å². The first-order chi connectivity index (χ1) is 20.1. The lowest BCUT2D eigenvalue weighted by Gasteiger charge is -2.44. The first-order valence-corrected chi connectivity index (χ1v) is 13.4. The molecule has 0 radical (unpaired) electrons. The van der Waals surface area contributed by atoms with E-state index in [1.54, 1.807) is 24.3 Å². The van der Waals surface area contributed by atoms with Crippen LogP contribution in [0.2, 0.25) is 0 Å². The summed E-state index contributed by atoms with van der Waals surface area (Å²) in [5.41, 5.74) is 2.68. The Morgan fingerprint density at radius 2 is 1.21 bits per heavy atom. The Kier molecular flexibility index (Phi) is 6.31. The molecule has 0 saturated heterocycles. The molecule has 8 rings (SSSR count). The second-order valence-corrected chi connectivity index (χ2v) is 11.0.